The topological polar surface area (TPSA) is 108 Å². The molecule has 0 spiro atoms. The van der Waals surface area contributed by atoms with E-state index in [0.29, 0.717) is 18.1 Å². The quantitative estimate of drug-likeness (QED) is 0.348. The Morgan fingerprint density at radius 2 is 1.83 bits per heavy atom. The first-order valence-electron chi connectivity index (χ1n) is 11.6. The minimum Gasteiger partial charge on any atom is -0.491 e. The van der Waals surface area contributed by atoms with Crippen LogP contribution in [0.5, 0.6) is 5.75 Å². The zero-order chi connectivity index (χ0) is 24.5. The number of ether oxygens (including phenoxy) is 1. The highest BCUT2D eigenvalue weighted by atomic mass is 16.5. The fraction of sp³-hybridized carbons (Fsp3) is 0.148. The van der Waals surface area contributed by atoms with Crippen LogP contribution in [0.3, 0.4) is 0 Å². The number of aromatic amines is 2. The van der Waals surface area contributed by atoms with Crippen molar-refractivity contribution in [3.63, 3.8) is 0 Å². The summed E-state index contributed by atoms with van der Waals surface area (Å²) in [5, 5.41) is 8.64. The highest BCUT2D eigenvalue weighted by Gasteiger charge is 2.16. The average molecular weight is 477 g/mol. The van der Waals surface area contributed by atoms with E-state index in [1.54, 1.807) is 18.6 Å². The van der Waals surface area contributed by atoms with Crippen LogP contribution in [-0.4, -0.2) is 67.3 Å². The van der Waals surface area contributed by atoms with Gasteiger partial charge in [-0.1, -0.05) is 12.1 Å². The van der Waals surface area contributed by atoms with Gasteiger partial charge in [-0.05, 0) is 50.0 Å². The number of hydrogen-bond donors (Lipinski definition) is 2. The van der Waals surface area contributed by atoms with Crippen molar-refractivity contribution in [2.24, 2.45) is 0 Å². The molecule has 6 aromatic rings. The number of aromatic nitrogens is 7. The van der Waals surface area contributed by atoms with Crippen LogP contribution in [-0.2, 0) is 0 Å². The number of nitrogens with one attached hydrogen (secondary N) is 2. The second kappa shape index (κ2) is 9.20. The smallest absolute Gasteiger partial charge is 0.160 e. The number of pyridine rings is 3. The van der Waals surface area contributed by atoms with Crippen molar-refractivity contribution in [3.05, 3.63) is 73.4 Å². The van der Waals surface area contributed by atoms with Gasteiger partial charge < -0.3 is 14.6 Å². The van der Waals surface area contributed by atoms with Crippen LogP contribution in [0.15, 0.2) is 73.4 Å². The summed E-state index contributed by atoms with van der Waals surface area (Å²) in [5.74, 6) is 1.39. The van der Waals surface area contributed by atoms with E-state index in [1.165, 1.54) is 0 Å². The Morgan fingerprint density at radius 3 is 2.69 bits per heavy atom. The standard InChI is InChI=1S/C27H24N8O/c1-35(2)10-11-36-20-12-19(15-29-16-20)17-5-6-23-22(13-17)25(34-33-23)27-31-24-21(7-9-30-26(24)32-27)18-4-3-8-28-14-18/h3-9,12-16H,10-11H2,1-2H3,(H,33,34)(H,30,31,32). The van der Waals surface area contributed by atoms with Gasteiger partial charge in [-0.25, -0.2) is 9.97 Å². The van der Waals surface area contributed by atoms with E-state index < -0.39 is 0 Å². The van der Waals surface area contributed by atoms with Crippen LogP contribution in [0.4, 0.5) is 0 Å². The van der Waals surface area contributed by atoms with E-state index in [0.717, 1.165) is 56.7 Å². The first-order valence-corrected chi connectivity index (χ1v) is 11.6. The van der Waals surface area contributed by atoms with E-state index in [1.807, 2.05) is 62.9 Å². The molecule has 0 fully saturated rings. The van der Waals surface area contributed by atoms with Crippen molar-refractivity contribution in [1.29, 1.82) is 0 Å². The third-order valence-corrected chi connectivity index (χ3v) is 6.00. The van der Waals surface area contributed by atoms with Crippen LogP contribution < -0.4 is 4.74 Å². The Labute approximate surface area is 207 Å². The summed E-state index contributed by atoms with van der Waals surface area (Å²) in [6.45, 7) is 1.44. The van der Waals surface area contributed by atoms with Crippen molar-refractivity contribution in [3.8, 4) is 39.5 Å². The van der Waals surface area contributed by atoms with Crippen molar-refractivity contribution in [2.45, 2.75) is 0 Å². The summed E-state index contributed by atoms with van der Waals surface area (Å²) >= 11 is 0. The van der Waals surface area contributed by atoms with E-state index in [9.17, 15) is 0 Å². The molecule has 9 heteroatoms. The third-order valence-electron chi connectivity index (χ3n) is 6.00. The van der Waals surface area contributed by atoms with Crippen molar-refractivity contribution in [1.82, 2.24) is 40.0 Å². The lowest BCUT2D eigenvalue weighted by atomic mass is 10.0. The van der Waals surface area contributed by atoms with Crippen LogP contribution in [0.1, 0.15) is 0 Å². The van der Waals surface area contributed by atoms with Crippen molar-refractivity contribution >= 4 is 22.1 Å². The second-order valence-electron chi connectivity index (χ2n) is 8.78. The van der Waals surface area contributed by atoms with Gasteiger partial charge in [-0.3, -0.25) is 15.1 Å². The molecule has 2 N–H and O–H groups in total. The first-order chi connectivity index (χ1) is 17.7. The Bertz CT molecular complexity index is 1660. The average Bonchev–Trinajstić information content (AvgIpc) is 3.53. The fourth-order valence-electron chi connectivity index (χ4n) is 4.15. The van der Waals surface area contributed by atoms with Crippen LogP contribution in [0.2, 0.25) is 0 Å². The van der Waals surface area contributed by atoms with Gasteiger partial charge in [0.05, 0.1) is 11.7 Å². The maximum Gasteiger partial charge on any atom is 0.160 e. The number of nitrogens with zero attached hydrogens (tertiary/aromatic N) is 6. The molecular formula is C27H24N8O. The molecule has 0 amide bonds. The number of hydrogen-bond acceptors (Lipinski definition) is 7. The molecule has 0 unspecified atom stereocenters. The molecule has 0 saturated heterocycles. The molecule has 1 aromatic carbocycles. The summed E-state index contributed by atoms with van der Waals surface area (Å²) in [4.78, 5) is 23.4. The Morgan fingerprint density at radius 1 is 0.917 bits per heavy atom. The summed E-state index contributed by atoms with van der Waals surface area (Å²) in [6, 6.07) is 14.0. The van der Waals surface area contributed by atoms with Crippen LogP contribution >= 0.6 is 0 Å². The number of rotatable bonds is 7. The van der Waals surface area contributed by atoms with Crippen LogP contribution in [0, 0.1) is 0 Å². The van der Waals surface area contributed by atoms with E-state index in [2.05, 4.69) is 41.1 Å². The molecular weight excluding hydrogens is 452 g/mol. The number of benzene rings is 1. The predicted molar refractivity (Wildman–Crippen MR) is 139 cm³/mol. The summed E-state index contributed by atoms with van der Waals surface area (Å²) in [5.41, 5.74) is 7.06. The highest BCUT2D eigenvalue weighted by Crippen LogP contribution is 2.32. The number of H-pyrrole nitrogens is 2. The Hall–Kier alpha value is -4.63. The van der Waals surface area contributed by atoms with Gasteiger partial charge in [0, 0.05) is 53.4 Å². The van der Waals surface area contributed by atoms with E-state index in [-0.39, 0.29) is 0 Å². The second-order valence-corrected chi connectivity index (χ2v) is 8.78. The molecule has 9 nitrogen and oxygen atoms in total. The minimum atomic E-state index is 0.601. The normalized spacial score (nSPS) is 11.5. The van der Waals surface area contributed by atoms with Crippen LogP contribution in [0.25, 0.3) is 55.8 Å². The van der Waals surface area contributed by atoms with Gasteiger partial charge in [0.1, 0.15) is 23.6 Å². The minimum absolute atomic E-state index is 0.601. The molecule has 6 rings (SSSR count). The monoisotopic (exact) mass is 476 g/mol. The summed E-state index contributed by atoms with van der Waals surface area (Å²) < 4.78 is 5.88. The van der Waals surface area contributed by atoms with Crippen molar-refractivity contribution in [2.75, 3.05) is 27.2 Å². The lowest BCUT2D eigenvalue weighted by Gasteiger charge is -2.11. The zero-order valence-electron chi connectivity index (χ0n) is 19.9. The van der Waals surface area contributed by atoms with E-state index in [4.69, 9.17) is 9.72 Å². The third kappa shape index (κ3) is 4.16. The molecule has 0 aliphatic carbocycles. The molecule has 178 valence electrons. The molecule has 5 aromatic heterocycles. The molecule has 0 bridgehead atoms. The van der Waals surface area contributed by atoms with Crippen molar-refractivity contribution < 1.29 is 4.74 Å². The summed E-state index contributed by atoms with van der Waals surface area (Å²) in [6.07, 6.45) is 8.93. The number of fused-ring (bicyclic) bond motifs is 2. The number of likely N-dealkylation sites (N-methyl/N-ethyl adjacent to an activating group) is 1. The molecule has 0 atom stereocenters. The lowest BCUT2D eigenvalue weighted by Crippen LogP contribution is -2.19. The molecule has 5 heterocycles. The van der Waals surface area contributed by atoms with Gasteiger partial charge in [-0.2, -0.15) is 5.10 Å². The summed E-state index contributed by atoms with van der Waals surface area (Å²) in [7, 11) is 4.04. The Kier molecular flexibility index (Phi) is 5.59. The van der Waals surface area contributed by atoms with Gasteiger partial charge in [0.15, 0.2) is 11.5 Å². The zero-order valence-corrected chi connectivity index (χ0v) is 19.9. The van der Waals surface area contributed by atoms with Gasteiger partial charge in [0.25, 0.3) is 0 Å². The maximum absolute atomic E-state index is 5.88. The fourth-order valence-corrected chi connectivity index (χ4v) is 4.15. The molecule has 0 aliphatic heterocycles. The predicted octanol–water partition coefficient (Wildman–Crippen LogP) is 4.57. The largest absolute Gasteiger partial charge is 0.491 e. The SMILES string of the molecule is CN(C)CCOc1cncc(-c2ccc3[nH]nc(-c4nc5c(-c6cccnc6)ccnc5[nH]4)c3c2)c1. The highest BCUT2D eigenvalue weighted by molar-refractivity contribution is 5.97. The van der Waals surface area contributed by atoms with Gasteiger partial charge in [-0.15, -0.1) is 0 Å². The van der Waals surface area contributed by atoms with Gasteiger partial charge >= 0.3 is 0 Å². The lowest BCUT2D eigenvalue weighted by molar-refractivity contribution is 0.261. The van der Waals surface area contributed by atoms with Gasteiger partial charge in [0.2, 0.25) is 0 Å². The molecule has 0 radical (unpaired) electrons. The molecule has 0 saturated carbocycles. The first kappa shape index (κ1) is 21.9. The Balaban J connectivity index is 1.38. The molecule has 0 aliphatic rings. The number of imidazole rings is 1. The maximum atomic E-state index is 5.88. The van der Waals surface area contributed by atoms with E-state index >= 15 is 0 Å². The molecule has 36 heavy (non-hydrogen) atoms.